The number of amidine groups is 1. The van der Waals surface area contributed by atoms with Gasteiger partial charge in [-0.05, 0) is 25.7 Å². The van der Waals surface area contributed by atoms with E-state index in [9.17, 15) is 8.42 Å². The summed E-state index contributed by atoms with van der Waals surface area (Å²) in [5, 5.41) is 7.49. The predicted octanol–water partition coefficient (Wildman–Crippen LogP) is 1.88. The molecule has 0 radical (unpaired) electrons. The number of nitrogens with one attached hydrogen (secondary N) is 2. The second-order valence-corrected chi connectivity index (χ2v) is 7.92. The lowest BCUT2D eigenvalue weighted by Crippen LogP contribution is -2.59. The van der Waals surface area contributed by atoms with Gasteiger partial charge in [-0.2, -0.15) is 0 Å². The van der Waals surface area contributed by atoms with Crippen molar-refractivity contribution in [2.24, 2.45) is 5.73 Å². The lowest BCUT2D eigenvalue weighted by atomic mass is 9.82. The molecule has 19 heavy (non-hydrogen) atoms. The van der Waals surface area contributed by atoms with E-state index >= 15 is 0 Å². The fraction of sp³-hybridized carbons (Fsp3) is 0.923. The van der Waals surface area contributed by atoms with Crippen LogP contribution in [-0.4, -0.2) is 25.0 Å². The Morgan fingerprint density at radius 3 is 2.11 bits per heavy atom. The molecular weight excluding hydrogens is 262 g/mol. The second kappa shape index (κ2) is 5.79. The first-order valence-corrected chi connectivity index (χ1v) is 8.88. The minimum Gasteiger partial charge on any atom is -0.386 e. The number of sulfonamides is 1. The van der Waals surface area contributed by atoms with E-state index in [0.29, 0.717) is 12.8 Å². The van der Waals surface area contributed by atoms with Gasteiger partial charge in [0.15, 0.2) is 0 Å². The van der Waals surface area contributed by atoms with Gasteiger partial charge in [0.1, 0.15) is 5.84 Å². The molecule has 0 aliphatic heterocycles. The summed E-state index contributed by atoms with van der Waals surface area (Å²) in [6.07, 6.45) is 8.87. The molecule has 4 N–H and O–H groups in total. The molecule has 2 aliphatic rings. The Kier molecular flexibility index (Phi) is 4.50. The van der Waals surface area contributed by atoms with Crippen molar-refractivity contribution >= 4 is 15.9 Å². The average Bonchev–Trinajstić information content (AvgIpc) is 2.40. The van der Waals surface area contributed by atoms with E-state index in [4.69, 9.17) is 11.1 Å². The van der Waals surface area contributed by atoms with Crippen molar-refractivity contribution in [3.63, 3.8) is 0 Å². The SMILES string of the molecule is N=C(N)C1(NS(=O)(=O)C2CCCCC2)CCCCC1. The van der Waals surface area contributed by atoms with Gasteiger partial charge >= 0.3 is 0 Å². The molecule has 0 aromatic rings. The molecule has 0 aromatic heterocycles. The van der Waals surface area contributed by atoms with Crippen LogP contribution in [0.25, 0.3) is 0 Å². The van der Waals surface area contributed by atoms with Gasteiger partial charge in [-0.1, -0.05) is 38.5 Å². The highest BCUT2D eigenvalue weighted by Crippen LogP contribution is 2.31. The molecule has 0 aromatic carbocycles. The Hall–Kier alpha value is -0.620. The Morgan fingerprint density at radius 2 is 1.58 bits per heavy atom. The molecule has 0 bridgehead atoms. The third kappa shape index (κ3) is 3.28. The molecule has 2 rings (SSSR count). The van der Waals surface area contributed by atoms with Crippen molar-refractivity contribution in [1.29, 1.82) is 5.41 Å². The third-order valence-electron chi connectivity index (χ3n) is 4.55. The quantitative estimate of drug-likeness (QED) is 0.544. The zero-order valence-electron chi connectivity index (χ0n) is 11.5. The number of rotatable bonds is 4. The van der Waals surface area contributed by atoms with Crippen LogP contribution < -0.4 is 10.5 Å². The van der Waals surface area contributed by atoms with E-state index in [1.807, 2.05) is 0 Å². The second-order valence-electron chi connectivity index (χ2n) is 5.96. The first-order chi connectivity index (χ1) is 8.96. The van der Waals surface area contributed by atoms with Crippen molar-refractivity contribution in [3.8, 4) is 0 Å². The summed E-state index contributed by atoms with van der Waals surface area (Å²) in [5.74, 6) is -0.0217. The molecular formula is C13H25N3O2S. The number of hydrogen-bond donors (Lipinski definition) is 3. The Morgan fingerprint density at radius 1 is 1.05 bits per heavy atom. The molecule has 0 unspecified atom stereocenters. The fourth-order valence-corrected chi connectivity index (χ4v) is 5.29. The monoisotopic (exact) mass is 287 g/mol. The van der Waals surface area contributed by atoms with Crippen LogP contribution in [0, 0.1) is 5.41 Å². The van der Waals surface area contributed by atoms with Gasteiger partial charge in [0.2, 0.25) is 10.0 Å². The van der Waals surface area contributed by atoms with Crippen LogP contribution in [0.5, 0.6) is 0 Å². The normalized spacial score (nSPS) is 25.1. The van der Waals surface area contributed by atoms with Crippen LogP contribution in [0.4, 0.5) is 0 Å². The van der Waals surface area contributed by atoms with E-state index in [1.165, 1.54) is 0 Å². The van der Waals surface area contributed by atoms with Gasteiger partial charge in [0.25, 0.3) is 0 Å². The van der Waals surface area contributed by atoms with E-state index < -0.39 is 15.6 Å². The molecule has 110 valence electrons. The molecule has 5 nitrogen and oxygen atoms in total. The average molecular weight is 287 g/mol. The summed E-state index contributed by atoms with van der Waals surface area (Å²) in [6.45, 7) is 0. The van der Waals surface area contributed by atoms with Crippen LogP contribution in [0.1, 0.15) is 64.2 Å². The van der Waals surface area contributed by atoms with Gasteiger partial charge in [-0.3, -0.25) is 5.41 Å². The number of nitrogens with two attached hydrogens (primary N) is 1. The van der Waals surface area contributed by atoms with Crippen molar-refractivity contribution in [2.45, 2.75) is 75.0 Å². The van der Waals surface area contributed by atoms with Gasteiger partial charge < -0.3 is 5.73 Å². The van der Waals surface area contributed by atoms with Crippen LogP contribution in [0.3, 0.4) is 0 Å². The molecule has 0 atom stereocenters. The predicted molar refractivity (Wildman–Crippen MR) is 76.7 cm³/mol. The van der Waals surface area contributed by atoms with Crippen molar-refractivity contribution in [2.75, 3.05) is 0 Å². The molecule has 2 saturated carbocycles. The Labute approximate surface area is 115 Å². The van der Waals surface area contributed by atoms with Gasteiger partial charge in [0.05, 0.1) is 10.8 Å². The van der Waals surface area contributed by atoms with Gasteiger partial charge in [-0.25, -0.2) is 13.1 Å². The lowest BCUT2D eigenvalue weighted by molar-refractivity contribution is 0.344. The molecule has 2 aliphatic carbocycles. The maximum atomic E-state index is 12.5. The van der Waals surface area contributed by atoms with E-state index in [2.05, 4.69) is 4.72 Å². The maximum Gasteiger partial charge on any atom is 0.215 e. The van der Waals surface area contributed by atoms with E-state index in [1.54, 1.807) is 0 Å². The molecule has 2 fully saturated rings. The highest BCUT2D eigenvalue weighted by Gasteiger charge is 2.41. The molecule has 0 heterocycles. The lowest BCUT2D eigenvalue weighted by Gasteiger charge is -2.38. The summed E-state index contributed by atoms with van der Waals surface area (Å²) >= 11 is 0. The third-order valence-corrected chi connectivity index (χ3v) is 6.58. The highest BCUT2D eigenvalue weighted by molar-refractivity contribution is 7.90. The fourth-order valence-electron chi connectivity index (χ4n) is 3.31. The topological polar surface area (TPSA) is 96.0 Å². The smallest absolute Gasteiger partial charge is 0.215 e. The molecule has 0 spiro atoms. The van der Waals surface area contributed by atoms with Crippen molar-refractivity contribution in [1.82, 2.24) is 4.72 Å². The van der Waals surface area contributed by atoms with Crippen LogP contribution >= 0.6 is 0 Å². The highest BCUT2D eigenvalue weighted by atomic mass is 32.2. The first kappa shape index (κ1) is 14.8. The molecule has 0 amide bonds. The van der Waals surface area contributed by atoms with Gasteiger partial charge in [0, 0.05) is 0 Å². The van der Waals surface area contributed by atoms with Crippen LogP contribution in [-0.2, 0) is 10.0 Å². The van der Waals surface area contributed by atoms with Crippen molar-refractivity contribution in [3.05, 3.63) is 0 Å². The summed E-state index contributed by atoms with van der Waals surface area (Å²) in [4.78, 5) is 0. The minimum absolute atomic E-state index is 0.0217. The molecule has 6 heteroatoms. The largest absolute Gasteiger partial charge is 0.386 e. The van der Waals surface area contributed by atoms with E-state index in [0.717, 1.165) is 51.4 Å². The molecule has 0 saturated heterocycles. The summed E-state index contributed by atoms with van der Waals surface area (Å²) in [5.41, 5.74) is 4.88. The summed E-state index contributed by atoms with van der Waals surface area (Å²) < 4.78 is 27.8. The standard InChI is InChI=1S/C13H25N3O2S/c14-12(15)13(9-5-2-6-10-13)16-19(17,18)11-7-3-1-4-8-11/h11,16H,1-10H2,(H3,14,15). The zero-order valence-corrected chi connectivity index (χ0v) is 12.3. The Balaban J connectivity index is 2.13. The summed E-state index contributed by atoms with van der Waals surface area (Å²) in [6, 6.07) is 0. The van der Waals surface area contributed by atoms with Crippen LogP contribution in [0.2, 0.25) is 0 Å². The van der Waals surface area contributed by atoms with Crippen molar-refractivity contribution < 1.29 is 8.42 Å². The van der Waals surface area contributed by atoms with E-state index in [-0.39, 0.29) is 11.1 Å². The minimum atomic E-state index is -3.36. The van der Waals surface area contributed by atoms with Crippen LogP contribution in [0.15, 0.2) is 0 Å². The zero-order chi connectivity index (χ0) is 13.9. The van der Waals surface area contributed by atoms with Gasteiger partial charge in [-0.15, -0.1) is 0 Å². The maximum absolute atomic E-state index is 12.5. The summed E-state index contributed by atoms with van der Waals surface area (Å²) in [7, 11) is -3.36. The Bertz CT molecular complexity index is 421. The number of hydrogen-bond acceptors (Lipinski definition) is 3. The first-order valence-electron chi connectivity index (χ1n) is 7.34.